The molecule has 0 aromatic heterocycles. The van der Waals surface area contributed by atoms with Gasteiger partial charge in [0.1, 0.15) is 0 Å². The monoisotopic (exact) mass is 228 g/mol. The normalized spacial score (nSPS) is 15.6. The highest BCUT2D eigenvalue weighted by Crippen LogP contribution is 2.23. The Morgan fingerprint density at radius 1 is 1.29 bits per heavy atom. The third kappa shape index (κ3) is 2.21. The minimum Gasteiger partial charge on any atom is -0.294 e. The SMILES string of the molecule is CC(=O)C1=CCCCc2cccc(C)c2C1=O. The summed E-state index contributed by atoms with van der Waals surface area (Å²) in [5.74, 6) is -0.239. The molecule has 1 aromatic carbocycles. The Kier molecular flexibility index (Phi) is 3.23. The number of allylic oxidation sites excluding steroid dienone is 2. The Hall–Kier alpha value is -1.70. The number of carbonyl (C=O) groups excluding carboxylic acids is 2. The average molecular weight is 228 g/mol. The molecular weight excluding hydrogens is 212 g/mol. The van der Waals surface area contributed by atoms with Crippen LogP contribution in [0.2, 0.25) is 0 Å². The first kappa shape index (κ1) is 11.8. The Labute approximate surface area is 101 Å². The lowest BCUT2D eigenvalue weighted by Crippen LogP contribution is -2.16. The van der Waals surface area contributed by atoms with Gasteiger partial charge in [0.2, 0.25) is 0 Å². The van der Waals surface area contributed by atoms with Gasteiger partial charge in [0.15, 0.2) is 11.6 Å². The molecule has 2 nitrogen and oxygen atoms in total. The molecule has 0 saturated carbocycles. The quantitative estimate of drug-likeness (QED) is 0.692. The second kappa shape index (κ2) is 4.66. The summed E-state index contributed by atoms with van der Waals surface area (Å²) in [6, 6.07) is 5.89. The molecule has 1 aliphatic carbocycles. The van der Waals surface area contributed by atoms with Crippen molar-refractivity contribution in [2.45, 2.75) is 33.1 Å². The number of Topliss-reactive ketones (excluding diaryl/α,β-unsaturated/α-hetero) is 2. The van der Waals surface area contributed by atoms with Gasteiger partial charge in [0, 0.05) is 5.56 Å². The summed E-state index contributed by atoms with van der Waals surface area (Å²) >= 11 is 0. The zero-order valence-corrected chi connectivity index (χ0v) is 10.2. The summed E-state index contributed by atoms with van der Waals surface area (Å²) in [4.78, 5) is 23.9. The molecule has 0 N–H and O–H groups in total. The number of fused-ring (bicyclic) bond motifs is 1. The minimum atomic E-state index is -0.133. The van der Waals surface area contributed by atoms with Gasteiger partial charge in [-0.1, -0.05) is 24.3 Å². The van der Waals surface area contributed by atoms with Crippen LogP contribution in [0.4, 0.5) is 0 Å². The molecule has 88 valence electrons. The fourth-order valence-electron chi connectivity index (χ4n) is 2.33. The Bertz CT molecular complexity index is 510. The van der Waals surface area contributed by atoms with Crippen LogP contribution in [0.15, 0.2) is 29.8 Å². The Morgan fingerprint density at radius 3 is 2.76 bits per heavy atom. The highest BCUT2D eigenvalue weighted by atomic mass is 16.1. The van der Waals surface area contributed by atoms with E-state index in [1.807, 2.05) is 25.1 Å². The molecule has 1 aliphatic rings. The van der Waals surface area contributed by atoms with Crippen LogP contribution in [0.25, 0.3) is 0 Å². The molecule has 1 aromatic rings. The summed E-state index contributed by atoms with van der Waals surface area (Å²) in [5, 5.41) is 0. The van der Waals surface area contributed by atoms with E-state index in [-0.39, 0.29) is 11.6 Å². The van der Waals surface area contributed by atoms with Crippen molar-refractivity contribution in [2.75, 3.05) is 0 Å². The summed E-state index contributed by atoms with van der Waals surface area (Å²) in [7, 11) is 0. The zero-order valence-electron chi connectivity index (χ0n) is 10.2. The number of rotatable bonds is 1. The molecule has 0 spiro atoms. The van der Waals surface area contributed by atoms with E-state index in [1.165, 1.54) is 6.92 Å². The van der Waals surface area contributed by atoms with E-state index in [4.69, 9.17) is 0 Å². The van der Waals surface area contributed by atoms with Crippen LogP contribution in [0.5, 0.6) is 0 Å². The van der Waals surface area contributed by atoms with Gasteiger partial charge in [-0.15, -0.1) is 0 Å². The summed E-state index contributed by atoms with van der Waals surface area (Å²) < 4.78 is 0. The van der Waals surface area contributed by atoms with Gasteiger partial charge >= 0.3 is 0 Å². The number of hydrogen-bond donors (Lipinski definition) is 0. The van der Waals surface area contributed by atoms with Gasteiger partial charge < -0.3 is 0 Å². The second-order valence-electron chi connectivity index (χ2n) is 4.50. The predicted octanol–water partition coefficient (Wildman–Crippen LogP) is 3.03. The Balaban J connectivity index is 2.58. The van der Waals surface area contributed by atoms with E-state index < -0.39 is 0 Å². The maximum absolute atomic E-state index is 12.4. The largest absolute Gasteiger partial charge is 0.294 e. The van der Waals surface area contributed by atoms with Crippen LogP contribution < -0.4 is 0 Å². The molecule has 0 heterocycles. The summed E-state index contributed by atoms with van der Waals surface area (Å²) in [5.41, 5.74) is 3.11. The van der Waals surface area contributed by atoms with E-state index in [2.05, 4.69) is 0 Å². The molecule has 0 unspecified atom stereocenters. The van der Waals surface area contributed by atoms with Crippen molar-refractivity contribution >= 4 is 11.6 Å². The number of carbonyl (C=O) groups is 2. The first-order valence-corrected chi connectivity index (χ1v) is 5.95. The number of benzene rings is 1. The maximum atomic E-state index is 12.4. The highest BCUT2D eigenvalue weighted by molar-refractivity contribution is 6.26. The van der Waals surface area contributed by atoms with E-state index >= 15 is 0 Å². The molecule has 0 aliphatic heterocycles. The van der Waals surface area contributed by atoms with Crippen LogP contribution in [0, 0.1) is 6.92 Å². The molecular formula is C15H16O2. The summed E-state index contributed by atoms with van der Waals surface area (Å²) in [6.45, 7) is 3.39. The molecule has 2 rings (SSSR count). The number of aryl methyl sites for hydroxylation is 2. The number of hydrogen-bond acceptors (Lipinski definition) is 2. The highest BCUT2D eigenvalue weighted by Gasteiger charge is 2.22. The van der Waals surface area contributed by atoms with Gasteiger partial charge in [0.05, 0.1) is 5.57 Å². The third-order valence-corrected chi connectivity index (χ3v) is 3.21. The molecule has 0 bridgehead atoms. The average Bonchev–Trinajstić information content (AvgIpc) is 2.25. The standard InChI is InChI=1S/C15H16O2/c1-10-6-5-8-12-7-3-4-9-13(11(2)16)15(17)14(10)12/h5-6,8-9H,3-4,7H2,1-2H3. The maximum Gasteiger partial charge on any atom is 0.196 e. The van der Waals surface area contributed by atoms with Gasteiger partial charge in [0.25, 0.3) is 0 Å². The predicted molar refractivity (Wildman–Crippen MR) is 67.2 cm³/mol. The van der Waals surface area contributed by atoms with Crippen molar-refractivity contribution in [3.8, 4) is 0 Å². The minimum absolute atomic E-state index is 0.106. The third-order valence-electron chi connectivity index (χ3n) is 3.21. The summed E-state index contributed by atoms with van der Waals surface area (Å²) in [6.07, 6.45) is 4.49. The molecule has 17 heavy (non-hydrogen) atoms. The lowest BCUT2D eigenvalue weighted by atomic mass is 9.88. The van der Waals surface area contributed by atoms with E-state index in [9.17, 15) is 9.59 Å². The van der Waals surface area contributed by atoms with Crippen LogP contribution in [-0.4, -0.2) is 11.6 Å². The van der Waals surface area contributed by atoms with Crippen LogP contribution in [0.1, 0.15) is 41.3 Å². The Morgan fingerprint density at radius 2 is 2.06 bits per heavy atom. The van der Waals surface area contributed by atoms with E-state index in [1.54, 1.807) is 6.08 Å². The topological polar surface area (TPSA) is 34.1 Å². The molecule has 2 heteroatoms. The van der Waals surface area contributed by atoms with Gasteiger partial charge in [-0.05, 0) is 44.2 Å². The van der Waals surface area contributed by atoms with Crippen molar-refractivity contribution in [3.63, 3.8) is 0 Å². The first-order chi connectivity index (χ1) is 8.11. The molecule has 0 amide bonds. The van der Waals surface area contributed by atoms with Crippen molar-refractivity contribution in [1.29, 1.82) is 0 Å². The van der Waals surface area contributed by atoms with Crippen molar-refractivity contribution in [3.05, 3.63) is 46.5 Å². The van der Waals surface area contributed by atoms with Crippen molar-refractivity contribution in [2.24, 2.45) is 0 Å². The molecule has 0 fully saturated rings. The number of ketones is 2. The lowest BCUT2D eigenvalue weighted by molar-refractivity contribution is -0.113. The fourth-order valence-corrected chi connectivity index (χ4v) is 2.33. The van der Waals surface area contributed by atoms with E-state index in [0.717, 1.165) is 36.0 Å². The molecule has 0 radical (unpaired) electrons. The van der Waals surface area contributed by atoms with Crippen LogP contribution in [0.3, 0.4) is 0 Å². The fraction of sp³-hybridized carbons (Fsp3) is 0.333. The van der Waals surface area contributed by atoms with Crippen LogP contribution >= 0.6 is 0 Å². The zero-order chi connectivity index (χ0) is 12.4. The second-order valence-corrected chi connectivity index (χ2v) is 4.50. The van der Waals surface area contributed by atoms with Crippen molar-refractivity contribution in [1.82, 2.24) is 0 Å². The molecule has 0 atom stereocenters. The smallest absolute Gasteiger partial charge is 0.196 e. The lowest BCUT2D eigenvalue weighted by Gasteiger charge is -2.15. The molecule has 0 saturated heterocycles. The van der Waals surface area contributed by atoms with Gasteiger partial charge in [-0.3, -0.25) is 9.59 Å². The van der Waals surface area contributed by atoms with E-state index in [0.29, 0.717) is 5.57 Å². The van der Waals surface area contributed by atoms with Gasteiger partial charge in [-0.2, -0.15) is 0 Å². The first-order valence-electron chi connectivity index (χ1n) is 5.95. The van der Waals surface area contributed by atoms with Crippen molar-refractivity contribution < 1.29 is 9.59 Å². The van der Waals surface area contributed by atoms with Gasteiger partial charge in [-0.25, -0.2) is 0 Å². The van der Waals surface area contributed by atoms with Crippen LogP contribution in [-0.2, 0) is 11.2 Å².